The number of aliphatic hydroxyl groups excluding tert-OH is 1. The van der Waals surface area contributed by atoms with E-state index < -0.39 is 0 Å². The summed E-state index contributed by atoms with van der Waals surface area (Å²) in [6.45, 7) is 6.13. The van der Waals surface area contributed by atoms with Gasteiger partial charge in [0.15, 0.2) is 0 Å². The summed E-state index contributed by atoms with van der Waals surface area (Å²) < 4.78 is 0. The number of aliphatic hydroxyl groups is 1. The Bertz CT molecular complexity index is 179. The lowest BCUT2D eigenvalue weighted by atomic mass is 9.68. The second-order valence-electron chi connectivity index (χ2n) is 5.86. The highest BCUT2D eigenvalue weighted by molar-refractivity contribution is 4.83. The predicted octanol–water partition coefficient (Wildman–Crippen LogP) is 2.42. The van der Waals surface area contributed by atoms with E-state index in [9.17, 15) is 5.11 Å². The molecule has 90 valence electrons. The van der Waals surface area contributed by atoms with Gasteiger partial charge in [0.25, 0.3) is 0 Å². The van der Waals surface area contributed by atoms with Gasteiger partial charge in [0.05, 0.1) is 0 Å². The third kappa shape index (κ3) is 4.12. The van der Waals surface area contributed by atoms with Crippen LogP contribution >= 0.6 is 0 Å². The van der Waals surface area contributed by atoms with Crippen LogP contribution in [0.4, 0.5) is 0 Å². The van der Waals surface area contributed by atoms with Crippen molar-refractivity contribution in [1.82, 2.24) is 5.32 Å². The van der Waals surface area contributed by atoms with Gasteiger partial charge in [-0.1, -0.05) is 26.7 Å². The van der Waals surface area contributed by atoms with Crippen LogP contribution in [0.15, 0.2) is 0 Å². The van der Waals surface area contributed by atoms with Crippen molar-refractivity contribution in [1.29, 1.82) is 0 Å². The summed E-state index contributed by atoms with van der Waals surface area (Å²) in [6, 6.07) is 0. The van der Waals surface area contributed by atoms with E-state index in [4.69, 9.17) is 0 Å². The molecule has 0 radical (unpaired) electrons. The van der Waals surface area contributed by atoms with Gasteiger partial charge in [-0.2, -0.15) is 0 Å². The summed E-state index contributed by atoms with van der Waals surface area (Å²) in [5, 5.41) is 12.6. The Kier molecular flexibility index (Phi) is 5.07. The Balaban J connectivity index is 2.44. The largest absolute Gasteiger partial charge is 0.396 e. The number of rotatable bonds is 5. The molecule has 1 fully saturated rings. The Labute approximate surface area is 94.5 Å². The van der Waals surface area contributed by atoms with Gasteiger partial charge in [0, 0.05) is 6.61 Å². The van der Waals surface area contributed by atoms with Crippen LogP contribution in [-0.2, 0) is 0 Å². The van der Waals surface area contributed by atoms with E-state index in [1.807, 2.05) is 7.05 Å². The average Bonchev–Trinajstić information content (AvgIpc) is 2.17. The van der Waals surface area contributed by atoms with Gasteiger partial charge in [0.2, 0.25) is 0 Å². The van der Waals surface area contributed by atoms with Gasteiger partial charge in [-0.25, -0.2) is 0 Å². The van der Waals surface area contributed by atoms with Crippen molar-refractivity contribution >= 4 is 0 Å². The molecule has 0 heterocycles. The smallest absolute Gasteiger partial charge is 0.0462 e. The van der Waals surface area contributed by atoms with Crippen LogP contribution in [0.25, 0.3) is 0 Å². The lowest BCUT2D eigenvalue weighted by molar-refractivity contribution is 0.0890. The fourth-order valence-electron chi connectivity index (χ4n) is 2.96. The van der Waals surface area contributed by atoms with Gasteiger partial charge >= 0.3 is 0 Å². The molecular weight excluding hydrogens is 186 g/mol. The molecule has 0 aromatic carbocycles. The predicted molar refractivity (Wildman–Crippen MR) is 64.9 cm³/mol. The van der Waals surface area contributed by atoms with Crippen LogP contribution < -0.4 is 5.32 Å². The summed E-state index contributed by atoms with van der Waals surface area (Å²) in [7, 11) is 1.99. The van der Waals surface area contributed by atoms with Crippen LogP contribution in [0.2, 0.25) is 0 Å². The maximum atomic E-state index is 9.45. The molecule has 2 unspecified atom stereocenters. The van der Waals surface area contributed by atoms with E-state index in [1.54, 1.807) is 0 Å². The van der Waals surface area contributed by atoms with Crippen molar-refractivity contribution in [3.05, 3.63) is 0 Å². The monoisotopic (exact) mass is 213 g/mol. The average molecular weight is 213 g/mol. The van der Waals surface area contributed by atoms with Crippen molar-refractivity contribution < 1.29 is 5.11 Å². The Morgan fingerprint density at radius 1 is 1.47 bits per heavy atom. The highest BCUT2D eigenvalue weighted by Crippen LogP contribution is 2.42. The van der Waals surface area contributed by atoms with E-state index in [0.717, 1.165) is 18.9 Å². The van der Waals surface area contributed by atoms with Gasteiger partial charge < -0.3 is 10.4 Å². The first-order chi connectivity index (χ1) is 7.09. The molecule has 2 heteroatoms. The summed E-state index contributed by atoms with van der Waals surface area (Å²) in [5.74, 6) is 1.25. The Hall–Kier alpha value is -0.0800. The minimum atomic E-state index is 0.364. The molecule has 2 atom stereocenters. The molecular formula is C13H27NO. The molecule has 1 aliphatic carbocycles. The summed E-state index contributed by atoms with van der Waals surface area (Å²) in [5.41, 5.74) is 0.496. The quantitative estimate of drug-likeness (QED) is 0.735. The third-order valence-corrected chi connectivity index (χ3v) is 3.91. The number of hydrogen-bond acceptors (Lipinski definition) is 2. The minimum absolute atomic E-state index is 0.364. The number of hydrogen-bond donors (Lipinski definition) is 2. The molecule has 1 rings (SSSR count). The first-order valence-corrected chi connectivity index (χ1v) is 6.34. The van der Waals surface area contributed by atoms with E-state index >= 15 is 0 Å². The van der Waals surface area contributed by atoms with Crippen LogP contribution in [-0.4, -0.2) is 25.3 Å². The highest BCUT2D eigenvalue weighted by atomic mass is 16.3. The molecule has 2 N–H and O–H groups in total. The normalized spacial score (nSPS) is 27.6. The van der Waals surface area contributed by atoms with Crippen molar-refractivity contribution in [2.45, 2.75) is 46.0 Å². The van der Waals surface area contributed by atoms with E-state index in [0.29, 0.717) is 17.9 Å². The fourth-order valence-corrected chi connectivity index (χ4v) is 2.96. The van der Waals surface area contributed by atoms with Gasteiger partial charge in [-0.3, -0.25) is 0 Å². The van der Waals surface area contributed by atoms with Crippen LogP contribution in [0.5, 0.6) is 0 Å². The molecule has 1 saturated carbocycles. The standard InChI is InChI=1S/C13H27NO/c1-13(2)7-4-5-11(9-13)12(10-15)6-8-14-3/h11-12,14-15H,4-10H2,1-3H3. The van der Waals surface area contributed by atoms with Gasteiger partial charge in [-0.05, 0) is 50.1 Å². The molecule has 0 amide bonds. The summed E-state index contributed by atoms with van der Waals surface area (Å²) in [6.07, 6.45) is 6.43. The van der Waals surface area contributed by atoms with Crippen molar-refractivity contribution in [3.8, 4) is 0 Å². The van der Waals surface area contributed by atoms with Crippen molar-refractivity contribution in [3.63, 3.8) is 0 Å². The zero-order chi connectivity index (χ0) is 11.3. The first-order valence-electron chi connectivity index (χ1n) is 6.34. The van der Waals surface area contributed by atoms with Gasteiger partial charge in [0.1, 0.15) is 0 Å². The van der Waals surface area contributed by atoms with Crippen LogP contribution in [0.1, 0.15) is 46.0 Å². The molecule has 2 nitrogen and oxygen atoms in total. The molecule has 15 heavy (non-hydrogen) atoms. The molecule has 0 bridgehead atoms. The summed E-state index contributed by atoms with van der Waals surface area (Å²) >= 11 is 0. The molecule has 0 saturated heterocycles. The first kappa shape index (κ1) is 13.0. The van der Waals surface area contributed by atoms with E-state index in [-0.39, 0.29) is 0 Å². The molecule has 0 aliphatic heterocycles. The summed E-state index contributed by atoms with van der Waals surface area (Å²) in [4.78, 5) is 0. The SMILES string of the molecule is CNCCC(CO)C1CCCC(C)(C)C1. The van der Waals surface area contributed by atoms with Gasteiger partial charge in [-0.15, -0.1) is 0 Å². The second-order valence-corrected chi connectivity index (χ2v) is 5.86. The van der Waals surface area contributed by atoms with Crippen LogP contribution in [0.3, 0.4) is 0 Å². The third-order valence-electron chi connectivity index (χ3n) is 3.91. The zero-order valence-electron chi connectivity index (χ0n) is 10.6. The van der Waals surface area contributed by atoms with E-state index in [1.165, 1.54) is 25.7 Å². The highest BCUT2D eigenvalue weighted by Gasteiger charge is 2.31. The van der Waals surface area contributed by atoms with Crippen molar-refractivity contribution in [2.75, 3.05) is 20.2 Å². The van der Waals surface area contributed by atoms with Crippen LogP contribution in [0, 0.1) is 17.3 Å². The lowest BCUT2D eigenvalue weighted by Crippen LogP contribution is -2.31. The molecule has 0 aromatic heterocycles. The Morgan fingerprint density at radius 2 is 2.20 bits per heavy atom. The van der Waals surface area contributed by atoms with E-state index in [2.05, 4.69) is 19.2 Å². The second kappa shape index (κ2) is 5.86. The molecule has 0 spiro atoms. The van der Waals surface area contributed by atoms with Crippen molar-refractivity contribution in [2.24, 2.45) is 17.3 Å². The topological polar surface area (TPSA) is 32.3 Å². The molecule has 1 aliphatic rings. The maximum absolute atomic E-state index is 9.45. The zero-order valence-corrected chi connectivity index (χ0v) is 10.6. The minimum Gasteiger partial charge on any atom is -0.396 e. The fraction of sp³-hybridized carbons (Fsp3) is 1.00. The maximum Gasteiger partial charge on any atom is 0.0462 e. The Morgan fingerprint density at radius 3 is 2.73 bits per heavy atom. The molecule has 0 aromatic rings. The lowest BCUT2D eigenvalue weighted by Gasteiger charge is -2.38. The number of nitrogens with one attached hydrogen (secondary N) is 1.